The third-order valence-electron chi connectivity index (χ3n) is 3.01. The van der Waals surface area contributed by atoms with Gasteiger partial charge in [-0.1, -0.05) is 23.2 Å². The Morgan fingerprint density at radius 1 is 1.35 bits per heavy atom. The molecule has 2 N–H and O–H groups in total. The van der Waals surface area contributed by atoms with Crippen LogP contribution in [-0.4, -0.2) is 18.8 Å². The first-order chi connectivity index (χ1) is 9.60. The van der Waals surface area contributed by atoms with E-state index in [1.165, 1.54) is 0 Å². The summed E-state index contributed by atoms with van der Waals surface area (Å²) in [6, 6.07) is 9.67. The zero-order chi connectivity index (χ0) is 14.5. The average Bonchev–Trinajstić information content (AvgIpc) is 2.84. The van der Waals surface area contributed by atoms with Crippen LogP contribution in [0, 0.1) is 6.92 Å². The van der Waals surface area contributed by atoms with Gasteiger partial charge in [-0.25, -0.2) is 0 Å². The van der Waals surface area contributed by atoms with Crippen LogP contribution < -0.4 is 10.1 Å². The van der Waals surface area contributed by atoms with Gasteiger partial charge in [0.2, 0.25) is 0 Å². The summed E-state index contributed by atoms with van der Waals surface area (Å²) in [6.07, 6.45) is -0.597. The zero-order valence-electron chi connectivity index (χ0n) is 11.5. The predicted molar refractivity (Wildman–Crippen MR) is 83.7 cm³/mol. The van der Waals surface area contributed by atoms with Crippen LogP contribution in [0.4, 0.5) is 0 Å². The lowest BCUT2D eigenvalue weighted by Crippen LogP contribution is -2.21. The van der Waals surface area contributed by atoms with Crippen molar-refractivity contribution >= 4 is 22.9 Å². The van der Waals surface area contributed by atoms with Crippen molar-refractivity contribution in [3.8, 4) is 5.75 Å². The molecule has 0 aliphatic carbocycles. The van der Waals surface area contributed by atoms with Crippen molar-refractivity contribution < 1.29 is 9.84 Å². The van der Waals surface area contributed by atoms with Crippen LogP contribution in [-0.2, 0) is 6.54 Å². The number of aryl methyl sites for hydroxylation is 1. The topological polar surface area (TPSA) is 41.5 Å². The van der Waals surface area contributed by atoms with E-state index in [-0.39, 0.29) is 0 Å². The summed E-state index contributed by atoms with van der Waals surface area (Å²) in [5.41, 5.74) is 1.91. The molecule has 0 amide bonds. The number of aliphatic hydroxyl groups is 1. The molecule has 1 heterocycles. The zero-order valence-corrected chi connectivity index (χ0v) is 13.1. The van der Waals surface area contributed by atoms with E-state index in [9.17, 15) is 5.11 Å². The second kappa shape index (κ2) is 7.09. The molecule has 2 rings (SSSR count). The highest BCUT2D eigenvalue weighted by Crippen LogP contribution is 2.26. The molecule has 0 saturated heterocycles. The van der Waals surface area contributed by atoms with Crippen molar-refractivity contribution in [1.29, 1.82) is 0 Å². The smallest absolute Gasteiger partial charge is 0.124 e. The molecule has 2 aromatic rings. The summed E-state index contributed by atoms with van der Waals surface area (Å²) in [6.45, 7) is 3.16. The number of benzene rings is 1. The number of hydrogen-bond acceptors (Lipinski definition) is 4. The number of aliphatic hydroxyl groups excluding tert-OH is 1. The number of methoxy groups -OCH3 is 1. The third kappa shape index (κ3) is 3.96. The van der Waals surface area contributed by atoms with E-state index >= 15 is 0 Å². The molecule has 0 aliphatic heterocycles. The third-order valence-corrected chi connectivity index (χ3v) is 4.24. The lowest BCUT2D eigenvalue weighted by molar-refractivity contribution is 0.170. The minimum absolute atomic E-state index is 0.468. The molecule has 0 bridgehead atoms. The highest BCUT2D eigenvalue weighted by atomic mass is 35.5. The Labute approximate surface area is 128 Å². The molecule has 5 heteroatoms. The van der Waals surface area contributed by atoms with Crippen molar-refractivity contribution in [1.82, 2.24) is 5.32 Å². The molecule has 1 atom stereocenters. The van der Waals surface area contributed by atoms with E-state index in [2.05, 4.69) is 5.32 Å². The standard InChI is InChI=1S/C15H18ClNO2S/c1-10-3-5-14(19-2)12(7-10)13(18)9-17-8-11-4-6-15(16)20-11/h3-7,13,17-18H,8-9H2,1-2H3. The first-order valence-corrected chi connectivity index (χ1v) is 7.57. The molecule has 0 saturated carbocycles. The Balaban J connectivity index is 1.94. The molecule has 108 valence electrons. The van der Waals surface area contributed by atoms with E-state index < -0.39 is 6.10 Å². The summed E-state index contributed by atoms with van der Waals surface area (Å²) in [5, 5.41) is 13.5. The van der Waals surface area contributed by atoms with Crippen LogP contribution in [0.15, 0.2) is 30.3 Å². The lowest BCUT2D eigenvalue weighted by atomic mass is 10.1. The SMILES string of the molecule is COc1ccc(C)cc1C(O)CNCc1ccc(Cl)s1. The first-order valence-electron chi connectivity index (χ1n) is 6.37. The van der Waals surface area contributed by atoms with E-state index in [0.717, 1.165) is 20.3 Å². The van der Waals surface area contributed by atoms with Crippen LogP contribution in [0.3, 0.4) is 0 Å². The first kappa shape index (κ1) is 15.3. The summed E-state index contributed by atoms with van der Waals surface area (Å²) in [4.78, 5) is 1.15. The van der Waals surface area contributed by atoms with E-state index in [1.54, 1.807) is 18.4 Å². The average molecular weight is 312 g/mol. The maximum atomic E-state index is 10.3. The van der Waals surface area contributed by atoms with Gasteiger partial charge in [0.05, 0.1) is 17.6 Å². The van der Waals surface area contributed by atoms with E-state index in [1.807, 2.05) is 37.3 Å². The number of nitrogens with one attached hydrogen (secondary N) is 1. The maximum Gasteiger partial charge on any atom is 0.124 e. The molecule has 20 heavy (non-hydrogen) atoms. The van der Waals surface area contributed by atoms with Gasteiger partial charge in [-0.05, 0) is 31.2 Å². The molecular formula is C15H18ClNO2S. The minimum atomic E-state index is -0.597. The molecule has 0 spiro atoms. The Bertz CT molecular complexity index is 571. The number of rotatable bonds is 6. The van der Waals surface area contributed by atoms with Crippen molar-refractivity contribution in [3.05, 3.63) is 50.7 Å². The Kier molecular flexibility index (Phi) is 5.43. The maximum absolute atomic E-state index is 10.3. The number of ether oxygens (including phenoxy) is 1. The fraction of sp³-hybridized carbons (Fsp3) is 0.333. The summed E-state index contributed by atoms with van der Waals surface area (Å²) in [7, 11) is 1.61. The predicted octanol–water partition coefficient (Wildman–Crippen LogP) is 3.54. The van der Waals surface area contributed by atoms with Crippen LogP contribution in [0.1, 0.15) is 22.1 Å². The second-order valence-electron chi connectivity index (χ2n) is 4.60. The number of hydrogen-bond donors (Lipinski definition) is 2. The minimum Gasteiger partial charge on any atom is -0.496 e. The molecule has 3 nitrogen and oxygen atoms in total. The second-order valence-corrected chi connectivity index (χ2v) is 6.40. The van der Waals surface area contributed by atoms with Gasteiger partial charge in [0.25, 0.3) is 0 Å². The number of halogens is 1. The van der Waals surface area contributed by atoms with Gasteiger partial charge in [-0.3, -0.25) is 0 Å². The number of thiophene rings is 1. The van der Waals surface area contributed by atoms with Gasteiger partial charge in [0.15, 0.2) is 0 Å². The molecule has 0 aliphatic rings. The van der Waals surface area contributed by atoms with Gasteiger partial charge < -0.3 is 15.2 Å². The van der Waals surface area contributed by atoms with E-state index in [4.69, 9.17) is 16.3 Å². The highest BCUT2D eigenvalue weighted by molar-refractivity contribution is 7.16. The largest absolute Gasteiger partial charge is 0.496 e. The van der Waals surface area contributed by atoms with Gasteiger partial charge in [0, 0.05) is 23.5 Å². The van der Waals surface area contributed by atoms with Crippen LogP contribution >= 0.6 is 22.9 Å². The summed E-state index contributed by atoms with van der Waals surface area (Å²) >= 11 is 7.42. The molecule has 1 unspecified atom stereocenters. The summed E-state index contributed by atoms with van der Waals surface area (Å²) in [5.74, 6) is 0.712. The molecule has 0 radical (unpaired) electrons. The van der Waals surface area contributed by atoms with Crippen molar-refractivity contribution in [2.45, 2.75) is 19.6 Å². The van der Waals surface area contributed by atoms with Crippen LogP contribution in [0.25, 0.3) is 0 Å². The quantitative estimate of drug-likeness (QED) is 0.857. The Morgan fingerprint density at radius 2 is 2.15 bits per heavy atom. The van der Waals surface area contributed by atoms with Crippen LogP contribution in [0.5, 0.6) is 5.75 Å². The Hall–Kier alpha value is -1.07. The highest BCUT2D eigenvalue weighted by Gasteiger charge is 2.13. The fourth-order valence-corrected chi connectivity index (χ4v) is 3.06. The molecular weight excluding hydrogens is 294 g/mol. The fourth-order valence-electron chi connectivity index (χ4n) is 2.00. The Morgan fingerprint density at radius 3 is 2.80 bits per heavy atom. The van der Waals surface area contributed by atoms with Crippen LogP contribution in [0.2, 0.25) is 4.34 Å². The molecule has 1 aromatic carbocycles. The van der Waals surface area contributed by atoms with Gasteiger partial charge in [0.1, 0.15) is 5.75 Å². The van der Waals surface area contributed by atoms with Gasteiger partial charge in [-0.2, -0.15) is 0 Å². The van der Waals surface area contributed by atoms with Crippen molar-refractivity contribution in [3.63, 3.8) is 0 Å². The molecule has 0 fully saturated rings. The van der Waals surface area contributed by atoms with Gasteiger partial charge in [-0.15, -0.1) is 11.3 Å². The normalized spacial score (nSPS) is 12.4. The summed E-state index contributed by atoms with van der Waals surface area (Å²) < 4.78 is 6.07. The monoisotopic (exact) mass is 311 g/mol. The molecule has 1 aromatic heterocycles. The van der Waals surface area contributed by atoms with Gasteiger partial charge >= 0.3 is 0 Å². The lowest BCUT2D eigenvalue weighted by Gasteiger charge is -2.16. The van der Waals surface area contributed by atoms with E-state index in [0.29, 0.717) is 18.8 Å². The van der Waals surface area contributed by atoms with Crippen molar-refractivity contribution in [2.75, 3.05) is 13.7 Å². The van der Waals surface area contributed by atoms with Crippen molar-refractivity contribution in [2.24, 2.45) is 0 Å².